The van der Waals surface area contributed by atoms with Crippen LogP contribution in [0.3, 0.4) is 0 Å². The van der Waals surface area contributed by atoms with Crippen LogP contribution in [0.25, 0.3) is 17.3 Å². The Morgan fingerprint density at radius 2 is 2.07 bits per heavy atom. The number of carbonyl (C=O) groups excluding carboxylic acids is 1. The topological polar surface area (TPSA) is 99.0 Å². The van der Waals surface area contributed by atoms with Gasteiger partial charge in [0.25, 0.3) is 0 Å². The summed E-state index contributed by atoms with van der Waals surface area (Å²) in [6.07, 6.45) is 1.53. The summed E-state index contributed by atoms with van der Waals surface area (Å²) < 4.78 is 25.4. The lowest BCUT2D eigenvalue weighted by Crippen LogP contribution is -2.14. The molecule has 0 unspecified atom stereocenters. The molecule has 1 N–H and O–H groups in total. The fourth-order valence-electron chi connectivity index (χ4n) is 2.49. The van der Waals surface area contributed by atoms with Gasteiger partial charge in [0.05, 0.1) is 17.7 Å². The maximum absolute atomic E-state index is 13.3. The van der Waals surface area contributed by atoms with Crippen molar-refractivity contribution in [1.29, 1.82) is 0 Å². The van der Waals surface area contributed by atoms with Crippen molar-refractivity contribution >= 4 is 23.5 Å². The first-order valence-electron chi connectivity index (χ1n) is 8.21. The summed E-state index contributed by atoms with van der Waals surface area (Å²) in [5.41, 5.74) is 0.646. The van der Waals surface area contributed by atoms with E-state index in [0.29, 0.717) is 34.0 Å². The monoisotopic (exact) mass is 399 g/mol. The quantitative estimate of drug-likeness (QED) is 0.494. The molecule has 3 aromatic heterocycles. The van der Waals surface area contributed by atoms with Gasteiger partial charge in [-0.15, -0.1) is 10.2 Å². The molecule has 8 nitrogen and oxygen atoms in total. The molecule has 0 saturated carbocycles. The van der Waals surface area contributed by atoms with Crippen LogP contribution >= 0.6 is 11.8 Å². The van der Waals surface area contributed by atoms with Crippen LogP contribution in [-0.4, -0.2) is 31.6 Å². The number of halogens is 1. The van der Waals surface area contributed by atoms with E-state index in [9.17, 15) is 9.18 Å². The summed E-state index contributed by atoms with van der Waals surface area (Å²) in [5, 5.41) is 15.2. The molecule has 0 radical (unpaired) electrons. The highest BCUT2D eigenvalue weighted by molar-refractivity contribution is 7.99. The third kappa shape index (κ3) is 3.81. The number of benzene rings is 1. The van der Waals surface area contributed by atoms with E-state index in [1.54, 1.807) is 41.8 Å². The molecule has 0 aliphatic carbocycles. The molecule has 0 fully saturated rings. The second-order valence-electron chi connectivity index (χ2n) is 5.75. The molecule has 3 heterocycles. The molecule has 4 rings (SSSR count). The molecule has 142 valence electrons. The zero-order chi connectivity index (χ0) is 19.5. The largest absolute Gasteiger partial charge is 0.461 e. The van der Waals surface area contributed by atoms with Gasteiger partial charge < -0.3 is 14.3 Å². The second kappa shape index (κ2) is 7.69. The average Bonchev–Trinajstić information content (AvgIpc) is 3.41. The number of furan rings is 1. The van der Waals surface area contributed by atoms with E-state index in [0.717, 1.165) is 0 Å². The first-order valence-corrected chi connectivity index (χ1v) is 9.20. The fraction of sp³-hybridized carbons (Fsp3) is 0.111. The third-order valence-electron chi connectivity index (χ3n) is 3.69. The highest BCUT2D eigenvalue weighted by atomic mass is 32.2. The highest BCUT2D eigenvalue weighted by Crippen LogP contribution is 2.28. The van der Waals surface area contributed by atoms with Crippen molar-refractivity contribution in [2.75, 3.05) is 11.1 Å². The van der Waals surface area contributed by atoms with Crippen molar-refractivity contribution in [2.45, 2.75) is 12.1 Å². The molecule has 0 aliphatic heterocycles. The van der Waals surface area contributed by atoms with Gasteiger partial charge in [0.1, 0.15) is 11.6 Å². The number of hydrogen-bond acceptors (Lipinski definition) is 7. The van der Waals surface area contributed by atoms with Gasteiger partial charge in [-0.3, -0.25) is 9.36 Å². The highest BCUT2D eigenvalue weighted by Gasteiger charge is 2.19. The van der Waals surface area contributed by atoms with Crippen molar-refractivity contribution in [3.05, 3.63) is 60.3 Å². The number of carbonyl (C=O) groups is 1. The number of rotatable bonds is 6. The minimum absolute atomic E-state index is 0.0728. The number of hydrogen-bond donors (Lipinski definition) is 1. The molecule has 0 aliphatic rings. The Bertz CT molecular complexity index is 1090. The summed E-state index contributed by atoms with van der Waals surface area (Å²) in [4.78, 5) is 12.2. The first kappa shape index (κ1) is 18.0. The molecule has 28 heavy (non-hydrogen) atoms. The van der Waals surface area contributed by atoms with Gasteiger partial charge in [-0.05, 0) is 43.3 Å². The van der Waals surface area contributed by atoms with Gasteiger partial charge in [0, 0.05) is 6.07 Å². The lowest BCUT2D eigenvalue weighted by molar-refractivity contribution is -0.113. The minimum atomic E-state index is -0.354. The Morgan fingerprint density at radius 3 is 2.75 bits per heavy atom. The van der Waals surface area contributed by atoms with Crippen LogP contribution in [0.4, 0.5) is 10.2 Å². The molecule has 1 aromatic carbocycles. The van der Waals surface area contributed by atoms with E-state index in [1.807, 2.05) is 0 Å². The van der Waals surface area contributed by atoms with Gasteiger partial charge in [0.2, 0.25) is 11.7 Å². The molecular weight excluding hydrogens is 385 g/mol. The van der Waals surface area contributed by atoms with E-state index in [1.165, 1.54) is 30.2 Å². The molecular formula is C18H14FN5O3S. The van der Waals surface area contributed by atoms with E-state index in [4.69, 9.17) is 8.94 Å². The van der Waals surface area contributed by atoms with Crippen LogP contribution in [0.15, 0.2) is 62.8 Å². The number of thioether (sulfide) groups is 1. The molecule has 0 saturated heterocycles. The standard InChI is InChI=1S/C18H14FN5O3S/c1-11-9-15(23-27-11)20-16(25)10-28-18-22-21-17(14-3-2-8-26-14)24(18)13-6-4-12(19)5-7-13/h2-9H,10H2,1H3,(H,20,23,25). The average molecular weight is 399 g/mol. The predicted octanol–water partition coefficient (Wildman–Crippen LogP) is 3.69. The molecule has 0 atom stereocenters. The fourth-order valence-corrected chi connectivity index (χ4v) is 3.24. The Labute approximate surface area is 162 Å². The Hall–Kier alpha value is -3.40. The van der Waals surface area contributed by atoms with Gasteiger partial charge >= 0.3 is 0 Å². The lowest BCUT2D eigenvalue weighted by Gasteiger charge is -2.09. The molecule has 0 spiro atoms. The number of aromatic nitrogens is 4. The SMILES string of the molecule is Cc1cc(NC(=O)CSc2nnc(-c3ccco3)n2-c2ccc(F)cc2)no1. The number of amides is 1. The van der Waals surface area contributed by atoms with Crippen molar-refractivity contribution in [1.82, 2.24) is 19.9 Å². The smallest absolute Gasteiger partial charge is 0.236 e. The lowest BCUT2D eigenvalue weighted by atomic mass is 10.3. The van der Waals surface area contributed by atoms with Crippen molar-refractivity contribution in [3.8, 4) is 17.3 Å². The van der Waals surface area contributed by atoms with Crippen LogP contribution in [0.2, 0.25) is 0 Å². The summed E-state index contributed by atoms with van der Waals surface area (Å²) in [6.45, 7) is 1.73. The van der Waals surface area contributed by atoms with Crippen LogP contribution in [0.5, 0.6) is 0 Å². The predicted molar refractivity (Wildman–Crippen MR) is 99.6 cm³/mol. The summed E-state index contributed by atoms with van der Waals surface area (Å²) in [5.74, 6) is 1.35. The normalized spacial score (nSPS) is 10.9. The van der Waals surface area contributed by atoms with Crippen LogP contribution in [0.1, 0.15) is 5.76 Å². The summed E-state index contributed by atoms with van der Waals surface area (Å²) in [6, 6.07) is 11.0. The molecule has 0 bridgehead atoms. The van der Waals surface area contributed by atoms with Crippen molar-refractivity contribution < 1.29 is 18.1 Å². The van der Waals surface area contributed by atoms with Crippen LogP contribution in [0, 0.1) is 12.7 Å². The maximum atomic E-state index is 13.3. The van der Waals surface area contributed by atoms with Crippen molar-refractivity contribution in [2.24, 2.45) is 0 Å². The molecule has 1 amide bonds. The Balaban J connectivity index is 1.58. The Morgan fingerprint density at radius 1 is 1.25 bits per heavy atom. The molecule has 10 heteroatoms. The zero-order valence-electron chi connectivity index (χ0n) is 14.6. The van der Waals surface area contributed by atoms with E-state index in [-0.39, 0.29) is 17.5 Å². The van der Waals surface area contributed by atoms with Gasteiger partial charge in [0.15, 0.2) is 16.7 Å². The first-order chi connectivity index (χ1) is 13.6. The zero-order valence-corrected chi connectivity index (χ0v) is 15.4. The van der Waals surface area contributed by atoms with Gasteiger partial charge in [-0.2, -0.15) is 0 Å². The number of aryl methyl sites for hydroxylation is 1. The third-order valence-corrected chi connectivity index (χ3v) is 4.62. The Kier molecular flexibility index (Phi) is 4.94. The van der Waals surface area contributed by atoms with Gasteiger partial charge in [-0.25, -0.2) is 4.39 Å². The maximum Gasteiger partial charge on any atom is 0.236 e. The van der Waals surface area contributed by atoms with E-state index in [2.05, 4.69) is 20.7 Å². The van der Waals surface area contributed by atoms with E-state index >= 15 is 0 Å². The second-order valence-corrected chi connectivity index (χ2v) is 6.70. The number of anilines is 1. The van der Waals surface area contributed by atoms with Crippen LogP contribution in [-0.2, 0) is 4.79 Å². The summed E-state index contributed by atoms with van der Waals surface area (Å²) in [7, 11) is 0. The minimum Gasteiger partial charge on any atom is -0.461 e. The van der Waals surface area contributed by atoms with E-state index < -0.39 is 0 Å². The number of nitrogens with one attached hydrogen (secondary N) is 1. The number of nitrogens with zero attached hydrogens (tertiary/aromatic N) is 4. The summed E-state index contributed by atoms with van der Waals surface area (Å²) >= 11 is 1.18. The molecule has 4 aromatic rings. The van der Waals surface area contributed by atoms with Crippen molar-refractivity contribution in [3.63, 3.8) is 0 Å². The van der Waals surface area contributed by atoms with Crippen LogP contribution < -0.4 is 5.32 Å². The van der Waals surface area contributed by atoms with Gasteiger partial charge in [-0.1, -0.05) is 16.9 Å².